The predicted octanol–water partition coefficient (Wildman–Crippen LogP) is 2.90. The molecule has 0 spiro atoms. The molecule has 0 saturated carbocycles. The lowest BCUT2D eigenvalue weighted by Crippen LogP contribution is -2.40. The Labute approximate surface area is 79.8 Å². The van der Waals surface area contributed by atoms with E-state index in [1.165, 1.54) is 0 Å². The Morgan fingerprint density at radius 1 is 1.00 bits per heavy atom. The van der Waals surface area contributed by atoms with Crippen molar-refractivity contribution in [3.05, 3.63) is 29.6 Å². The molecule has 0 fully saturated rings. The molecule has 0 unspecified atom stereocenters. The molecule has 1 rings (SSSR count). The summed E-state index contributed by atoms with van der Waals surface area (Å²) in [5, 5.41) is 0. The van der Waals surface area contributed by atoms with Crippen LogP contribution in [0.4, 0.5) is 30.5 Å². The van der Waals surface area contributed by atoms with Crippen LogP contribution in [0.3, 0.4) is 0 Å². The minimum absolute atomic E-state index is 0.214. The van der Waals surface area contributed by atoms with E-state index in [2.05, 4.69) is 0 Å². The quantitative estimate of drug-likeness (QED) is 0.514. The second-order valence-electron chi connectivity index (χ2n) is 2.78. The van der Waals surface area contributed by atoms with Gasteiger partial charge in [-0.05, 0) is 6.07 Å². The fraction of sp³-hybridized carbons (Fsp3) is 0.143. The first-order chi connectivity index (χ1) is 6.64. The Kier molecular flexibility index (Phi) is 2.71. The van der Waals surface area contributed by atoms with Crippen molar-refractivity contribution >= 4 is 12.4 Å². The van der Waals surface area contributed by atoms with Crippen LogP contribution in [0.1, 0.15) is 5.56 Å². The molecule has 0 radical (unpaired) electrons. The minimum atomic E-state index is -5.88. The van der Waals surface area contributed by atoms with Crippen molar-refractivity contribution in [1.29, 1.82) is 0 Å². The first kappa shape index (κ1) is 11.9. The van der Waals surface area contributed by atoms with Gasteiger partial charge in [-0.2, -0.15) is 13.2 Å². The van der Waals surface area contributed by atoms with Crippen molar-refractivity contribution in [2.75, 3.05) is 0 Å². The Morgan fingerprint density at radius 2 is 1.53 bits per heavy atom. The highest BCUT2D eigenvalue weighted by Crippen LogP contribution is 2.31. The van der Waals surface area contributed by atoms with E-state index in [-0.39, 0.29) is 6.07 Å². The van der Waals surface area contributed by atoms with E-state index in [4.69, 9.17) is 0 Å². The van der Waals surface area contributed by atoms with Crippen molar-refractivity contribution in [3.8, 4) is 0 Å². The zero-order valence-corrected chi connectivity index (χ0v) is 6.96. The molecule has 1 aromatic carbocycles. The van der Waals surface area contributed by atoms with Gasteiger partial charge in [0.05, 0.1) is 5.56 Å². The zero-order chi connectivity index (χ0) is 11.9. The fourth-order valence-corrected chi connectivity index (χ4v) is 1.11. The van der Waals surface area contributed by atoms with Crippen LogP contribution in [0.15, 0.2) is 18.2 Å². The highest BCUT2D eigenvalue weighted by molar-refractivity contribution is 6.74. The predicted molar refractivity (Wildman–Crippen MR) is 40.1 cm³/mol. The summed E-state index contributed by atoms with van der Waals surface area (Å²) in [5.74, 6) is -1.92. The molecule has 0 aliphatic carbocycles. The Bertz CT molecular complexity index is 365. The molecule has 1 aromatic rings. The number of benzene rings is 1. The molecule has 84 valence electrons. The van der Waals surface area contributed by atoms with E-state index in [1.54, 1.807) is 0 Å². The fourth-order valence-electron chi connectivity index (χ4n) is 1.11. The number of hydrogen-bond donors (Lipinski definition) is 0. The van der Waals surface area contributed by atoms with E-state index in [0.29, 0.717) is 12.1 Å². The van der Waals surface area contributed by atoms with Crippen LogP contribution in [-0.4, -0.2) is 6.98 Å². The molecule has 15 heavy (non-hydrogen) atoms. The summed E-state index contributed by atoms with van der Waals surface area (Å²) >= 11 is 0. The van der Waals surface area contributed by atoms with Crippen LogP contribution in [0.2, 0.25) is 0 Å². The van der Waals surface area contributed by atoms with Crippen LogP contribution in [0, 0.1) is 5.82 Å². The monoisotopic (exact) mass is 231 g/mol. The Hall–Kier alpha value is -1.21. The number of halogens is 7. The maximum atomic E-state index is 12.7. The van der Waals surface area contributed by atoms with Crippen molar-refractivity contribution in [3.63, 3.8) is 0 Å². The molecule has 0 amide bonds. The van der Waals surface area contributed by atoms with Gasteiger partial charge in [-0.3, -0.25) is 0 Å². The number of hydrogen-bond acceptors (Lipinski definition) is 0. The number of alkyl halides is 3. The maximum absolute atomic E-state index is 12.7. The molecular formula is C7H3BF7-. The minimum Gasteiger partial charge on any atom is -0.445 e. The smallest absolute Gasteiger partial charge is 0.445 e. The first-order valence-electron chi connectivity index (χ1n) is 3.69. The summed E-state index contributed by atoms with van der Waals surface area (Å²) in [6.45, 7) is -5.88. The molecule has 8 heteroatoms. The summed E-state index contributed by atoms with van der Waals surface area (Å²) in [6, 6.07) is 1.15. The van der Waals surface area contributed by atoms with Gasteiger partial charge in [-0.1, -0.05) is 17.6 Å². The van der Waals surface area contributed by atoms with Gasteiger partial charge in [0.15, 0.2) is 0 Å². The van der Waals surface area contributed by atoms with E-state index >= 15 is 0 Å². The van der Waals surface area contributed by atoms with Crippen molar-refractivity contribution in [1.82, 2.24) is 0 Å². The molecule has 0 nitrogen and oxygen atoms in total. The van der Waals surface area contributed by atoms with Gasteiger partial charge in [-0.15, -0.1) is 0 Å². The topological polar surface area (TPSA) is 0 Å². The molecule has 0 aromatic heterocycles. The molecule has 0 saturated heterocycles. The largest absolute Gasteiger partial charge is 0.510 e. The summed E-state index contributed by atoms with van der Waals surface area (Å²) < 4.78 is 85.5. The molecule has 0 aliphatic heterocycles. The second-order valence-corrected chi connectivity index (χ2v) is 2.78. The van der Waals surface area contributed by atoms with E-state index in [1.807, 2.05) is 0 Å². The normalized spacial score (nSPS) is 13.0. The van der Waals surface area contributed by atoms with Crippen LogP contribution in [0.25, 0.3) is 0 Å². The standard InChI is InChI=1S/C7H3BF7/c9-5-3-1-2-4(8(13,14)15)6(5)7(10,11)12/h1-3H/q-1. The Morgan fingerprint density at radius 3 is 1.87 bits per heavy atom. The molecule has 0 atom stereocenters. The van der Waals surface area contributed by atoms with Crippen LogP contribution >= 0.6 is 0 Å². The molecular weight excluding hydrogens is 228 g/mol. The van der Waals surface area contributed by atoms with Gasteiger partial charge in [0, 0.05) is 0 Å². The van der Waals surface area contributed by atoms with E-state index < -0.39 is 30.0 Å². The lowest BCUT2D eigenvalue weighted by molar-refractivity contribution is -0.139. The van der Waals surface area contributed by atoms with Crippen LogP contribution < -0.4 is 5.46 Å². The van der Waals surface area contributed by atoms with Crippen molar-refractivity contribution in [2.45, 2.75) is 6.18 Å². The van der Waals surface area contributed by atoms with Crippen molar-refractivity contribution in [2.24, 2.45) is 0 Å². The van der Waals surface area contributed by atoms with E-state index in [0.717, 1.165) is 0 Å². The average molecular weight is 231 g/mol. The summed E-state index contributed by atoms with van der Waals surface area (Å²) in [7, 11) is 0. The maximum Gasteiger partial charge on any atom is 0.510 e. The van der Waals surface area contributed by atoms with Gasteiger partial charge >= 0.3 is 13.2 Å². The van der Waals surface area contributed by atoms with Gasteiger partial charge < -0.3 is 12.9 Å². The van der Waals surface area contributed by atoms with Crippen molar-refractivity contribution < 1.29 is 30.5 Å². The lowest BCUT2D eigenvalue weighted by atomic mass is 9.76. The summed E-state index contributed by atoms with van der Waals surface area (Å²) in [4.78, 5) is 0. The first-order valence-corrected chi connectivity index (χ1v) is 3.69. The highest BCUT2D eigenvalue weighted by atomic mass is 19.4. The lowest BCUT2D eigenvalue weighted by Gasteiger charge is -2.21. The third kappa shape index (κ3) is 2.43. The van der Waals surface area contributed by atoms with Gasteiger partial charge in [0.25, 0.3) is 0 Å². The molecule has 0 aliphatic rings. The summed E-state index contributed by atoms with van der Waals surface area (Å²) in [6.07, 6.45) is -5.35. The Balaban J connectivity index is 3.48. The zero-order valence-electron chi connectivity index (χ0n) is 6.96. The van der Waals surface area contributed by atoms with E-state index in [9.17, 15) is 30.5 Å². The van der Waals surface area contributed by atoms with Gasteiger partial charge in [0.2, 0.25) is 0 Å². The molecule has 0 N–H and O–H groups in total. The third-order valence-electron chi connectivity index (χ3n) is 1.68. The molecule has 0 bridgehead atoms. The average Bonchev–Trinajstić information content (AvgIpc) is 1.99. The third-order valence-corrected chi connectivity index (χ3v) is 1.68. The second kappa shape index (κ2) is 3.43. The van der Waals surface area contributed by atoms with Gasteiger partial charge in [-0.25, -0.2) is 4.39 Å². The van der Waals surface area contributed by atoms with Crippen LogP contribution in [-0.2, 0) is 6.18 Å². The van der Waals surface area contributed by atoms with Crippen LogP contribution in [0.5, 0.6) is 0 Å². The summed E-state index contributed by atoms with van der Waals surface area (Å²) in [5.41, 5.74) is -4.21. The highest BCUT2D eigenvalue weighted by Gasteiger charge is 2.41. The SMILES string of the molecule is Fc1cccc([B-](F)(F)F)c1C(F)(F)F. The number of rotatable bonds is 1. The molecule has 0 heterocycles. The van der Waals surface area contributed by atoms with Gasteiger partial charge in [0.1, 0.15) is 5.82 Å².